The Hall–Kier alpha value is -0.540. The lowest BCUT2D eigenvalue weighted by Gasteiger charge is -2.22. The Morgan fingerprint density at radius 2 is 2.00 bits per heavy atom. The van der Waals surface area contributed by atoms with E-state index in [1.807, 2.05) is 0 Å². The lowest BCUT2D eigenvalue weighted by atomic mass is 10.4. The highest BCUT2D eigenvalue weighted by atomic mass is 35.5. The third kappa shape index (κ3) is 3.84. The molecule has 0 spiro atoms. The highest BCUT2D eigenvalue weighted by Gasteiger charge is 2.48. The fourth-order valence-electron chi connectivity index (χ4n) is 0.458. The van der Waals surface area contributed by atoms with E-state index in [0.29, 0.717) is 0 Å². The smallest absolute Gasteiger partial charge is 0.368 e. The van der Waals surface area contributed by atoms with Gasteiger partial charge in [-0.2, -0.15) is 8.78 Å². The summed E-state index contributed by atoms with van der Waals surface area (Å²) in [5.41, 5.74) is 0. The van der Waals surface area contributed by atoms with Crippen molar-refractivity contribution >= 4 is 27.7 Å². The minimum Gasteiger partial charge on any atom is -0.743 e. The molecule has 1 unspecified atom stereocenters. The van der Waals surface area contributed by atoms with E-state index in [1.165, 1.54) is 0 Å². The van der Waals surface area contributed by atoms with Crippen LogP contribution in [0, 0.1) is 0 Å². The molecule has 0 heterocycles. The molecule has 0 aromatic carbocycles. The molecule has 0 saturated carbocycles. The standard InChI is InChI=1S/C5H6ClF3O5S/c6-1-4(10)14-2-3(7)5(8,9)15(11,12)13/h3H,1-2H2,(H,11,12,13)/p-1. The fraction of sp³-hybridized carbons (Fsp3) is 0.800. The SMILES string of the molecule is O=C(CCl)OCC(F)C(F)(F)S(=O)(=O)[O-]. The molecule has 0 amide bonds. The third-order valence-electron chi connectivity index (χ3n) is 1.20. The normalized spacial score (nSPS) is 14.7. The highest BCUT2D eigenvalue weighted by molar-refractivity contribution is 7.86. The Morgan fingerprint density at radius 3 is 2.33 bits per heavy atom. The van der Waals surface area contributed by atoms with Crippen LogP contribution in [0.1, 0.15) is 0 Å². The van der Waals surface area contributed by atoms with Crippen LogP contribution in [-0.2, 0) is 19.6 Å². The molecule has 0 saturated heterocycles. The molecule has 0 bridgehead atoms. The van der Waals surface area contributed by atoms with Crippen molar-refractivity contribution in [1.29, 1.82) is 0 Å². The quantitative estimate of drug-likeness (QED) is 0.406. The number of hydrogen-bond acceptors (Lipinski definition) is 5. The fourth-order valence-corrected chi connectivity index (χ4v) is 0.917. The van der Waals surface area contributed by atoms with Crippen LogP contribution in [0.4, 0.5) is 13.2 Å². The van der Waals surface area contributed by atoms with Gasteiger partial charge in [0.15, 0.2) is 10.1 Å². The average molecular weight is 270 g/mol. The average Bonchev–Trinajstić information content (AvgIpc) is 2.11. The van der Waals surface area contributed by atoms with Crippen LogP contribution in [0.3, 0.4) is 0 Å². The molecule has 0 aliphatic rings. The Bertz CT molecular complexity index is 330. The zero-order valence-corrected chi connectivity index (χ0v) is 8.53. The Balaban J connectivity index is 4.46. The molecule has 90 valence electrons. The van der Waals surface area contributed by atoms with Gasteiger partial charge in [-0.15, -0.1) is 11.6 Å². The van der Waals surface area contributed by atoms with E-state index in [1.54, 1.807) is 0 Å². The third-order valence-corrected chi connectivity index (χ3v) is 2.34. The number of ether oxygens (including phenoxy) is 1. The highest BCUT2D eigenvalue weighted by Crippen LogP contribution is 2.27. The maximum Gasteiger partial charge on any atom is 0.368 e. The van der Waals surface area contributed by atoms with Gasteiger partial charge in [-0.05, 0) is 0 Å². The molecule has 0 N–H and O–H groups in total. The van der Waals surface area contributed by atoms with Crippen LogP contribution >= 0.6 is 11.6 Å². The maximum atomic E-state index is 12.5. The number of hydrogen-bond donors (Lipinski definition) is 0. The predicted molar refractivity (Wildman–Crippen MR) is 41.2 cm³/mol. The molecule has 0 aliphatic heterocycles. The number of alkyl halides is 4. The van der Waals surface area contributed by atoms with Crippen molar-refractivity contribution in [2.75, 3.05) is 12.5 Å². The van der Waals surface area contributed by atoms with E-state index in [9.17, 15) is 30.9 Å². The molecule has 0 radical (unpaired) electrons. The van der Waals surface area contributed by atoms with E-state index in [0.717, 1.165) is 0 Å². The van der Waals surface area contributed by atoms with E-state index < -0.39 is 40.0 Å². The number of carbonyl (C=O) groups is 1. The number of rotatable bonds is 5. The first-order valence-electron chi connectivity index (χ1n) is 3.31. The van der Waals surface area contributed by atoms with Crippen molar-refractivity contribution in [1.82, 2.24) is 0 Å². The first kappa shape index (κ1) is 14.5. The number of carbonyl (C=O) groups excluding carboxylic acids is 1. The summed E-state index contributed by atoms with van der Waals surface area (Å²) in [7, 11) is -6.14. The summed E-state index contributed by atoms with van der Waals surface area (Å²) in [6, 6.07) is 0. The molecule has 0 aromatic rings. The molecule has 5 nitrogen and oxygen atoms in total. The Morgan fingerprint density at radius 1 is 1.53 bits per heavy atom. The molecule has 0 aliphatic carbocycles. The van der Waals surface area contributed by atoms with Crippen LogP contribution in [0.15, 0.2) is 0 Å². The van der Waals surface area contributed by atoms with E-state index in [2.05, 4.69) is 4.74 Å². The first-order valence-corrected chi connectivity index (χ1v) is 5.26. The summed E-state index contributed by atoms with van der Waals surface area (Å²) in [6.07, 6.45) is -3.42. The van der Waals surface area contributed by atoms with Crippen LogP contribution in [-0.4, -0.2) is 42.9 Å². The second-order valence-corrected chi connectivity index (χ2v) is 4.02. The van der Waals surface area contributed by atoms with Gasteiger partial charge in [-0.3, -0.25) is 4.79 Å². The van der Waals surface area contributed by atoms with Gasteiger partial charge in [0.2, 0.25) is 6.17 Å². The molecule has 0 rings (SSSR count). The van der Waals surface area contributed by atoms with Gasteiger partial charge in [0.25, 0.3) is 0 Å². The van der Waals surface area contributed by atoms with Gasteiger partial charge < -0.3 is 9.29 Å². The lowest BCUT2D eigenvalue weighted by Crippen LogP contribution is -2.41. The second kappa shape index (κ2) is 4.99. The van der Waals surface area contributed by atoms with Gasteiger partial charge in [0.1, 0.15) is 12.5 Å². The first-order chi connectivity index (χ1) is 6.63. The predicted octanol–water partition coefficient (Wildman–Crippen LogP) is 0.245. The minimum absolute atomic E-state index is 0.706. The van der Waals surface area contributed by atoms with Crippen LogP contribution < -0.4 is 0 Å². The van der Waals surface area contributed by atoms with Gasteiger partial charge in [0.05, 0.1) is 0 Å². The zero-order chi connectivity index (χ0) is 12.3. The largest absolute Gasteiger partial charge is 0.743 e. The Labute approximate surface area is 87.9 Å². The molecule has 0 fully saturated rings. The number of esters is 1. The second-order valence-electron chi connectivity index (χ2n) is 2.30. The van der Waals surface area contributed by atoms with E-state index >= 15 is 0 Å². The van der Waals surface area contributed by atoms with Crippen molar-refractivity contribution < 1.29 is 35.7 Å². The molecule has 15 heavy (non-hydrogen) atoms. The van der Waals surface area contributed by atoms with Gasteiger partial charge >= 0.3 is 11.2 Å². The summed E-state index contributed by atoms with van der Waals surface area (Å²) in [4.78, 5) is 10.3. The lowest BCUT2D eigenvalue weighted by molar-refractivity contribution is -0.145. The monoisotopic (exact) mass is 269 g/mol. The number of halogens is 4. The molecular formula is C5H5ClF3O5S-. The molecule has 10 heteroatoms. The maximum absolute atomic E-state index is 12.5. The van der Waals surface area contributed by atoms with Gasteiger partial charge in [-0.1, -0.05) is 0 Å². The summed E-state index contributed by atoms with van der Waals surface area (Å²) in [6.45, 7) is -1.56. The van der Waals surface area contributed by atoms with Crippen LogP contribution in [0.25, 0.3) is 0 Å². The minimum atomic E-state index is -6.14. The van der Waals surface area contributed by atoms with Crippen molar-refractivity contribution in [3.63, 3.8) is 0 Å². The molecule has 1 atom stereocenters. The van der Waals surface area contributed by atoms with Crippen molar-refractivity contribution in [3.05, 3.63) is 0 Å². The summed E-state index contributed by atoms with van der Waals surface area (Å²) in [5.74, 6) is -1.92. The molecular weight excluding hydrogens is 265 g/mol. The molecule has 0 aromatic heterocycles. The van der Waals surface area contributed by atoms with Crippen LogP contribution in [0.5, 0.6) is 0 Å². The van der Waals surface area contributed by atoms with Crippen molar-refractivity contribution in [3.8, 4) is 0 Å². The van der Waals surface area contributed by atoms with Crippen molar-refractivity contribution in [2.24, 2.45) is 0 Å². The summed E-state index contributed by atoms with van der Waals surface area (Å²) >= 11 is 4.88. The van der Waals surface area contributed by atoms with E-state index in [-0.39, 0.29) is 0 Å². The van der Waals surface area contributed by atoms with Crippen LogP contribution in [0.2, 0.25) is 0 Å². The van der Waals surface area contributed by atoms with E-state index in [4.69, 9.17) is 11.6 Å². The zero-order valence-electron chi connectivity index (χ0n) is 6.95. The summed E-state index contributed by atoms with van der Waals surface area (Å²) < 4.78 is 70.8. The Kier molecular flexibility index (Phi) is 4.81. The van der Waals surface area contributed by atoms with Gasteiger partial charge in [0, 0.05) is 0 Å². The summed E-state index contributed by atoms with van der Waals surface area (Å²) in [5, 5.41) is -5.14. The topological polar surface area (TPSA) is 83.5 Å². The van der Waals surface area contributed by atoms with Crippen molar-refractivity contribution in [2.45, 2.75) is 11.4 Å². The van der Waals surface area contributed by atoms with Gasteiger partial charge in [-0.25, -0.2) is 12.8 Å².